The number of rotatable bonds is 5. The first-order valence-corrected chi connectivity index (χ1v) is 4.74. The zero-order valence-electron chi connectivity index (χ0n) is 9.06. The number of ketones is 1. The van der Waals surface area contributed by atoms with Crippen molar-refractivity contribution >= 4 is 11.9 Å². The molecule has 0 saturated carbocycles. The van der Waals surface area contributed by atoms with Crippen LogP contribution in [0.1, 0.15) is 26.2 Å². The van der Waals surface area contributed by atoms with Crippen LogP contribution in [0.25, 0.3) is 0 Å². The SMILES string of the molecule is CCC(=O)C(CCC(F)(F)F)NC(=O)OC. The maximum Gasteiger partial charge on any atom is 0.407 e. The molecule has 0 spiro atoms. The van der Waals surface area contributed by atoms with E-state index in [4.69, 9.17) is 0 Å². The van der Waals surface area contributed by atoms with Crippen LogP contribution < -0.4 is 5.32 Å². The Kier molecular flexibility index (Phi) is 5.84. The lowest BCUT2D eigenvalue weighted by Crippen LogP contribution is -2.41. The van der Waals surface area contributed by atoms with Crippen molar-refractivity contribution in [3.63, 3.8) is 0 Å². The van der Waals surface area contributed by atoms with Gasteiger partial charge in [-0.3, -0.25) is 4.79 Å². The van der Waals surface area contributed by atoms with E-state index >= 15 is 0 Å². The fraction of sp³-hybridized carbons (Fsp3) is 0.778. The van der Waals surface area contributed by atoms with Crippen molar-refractivity contribution in [2.24, 2.45) is 0 Å². The third kappa shape index (κ3) is 6.26. The summed E-state index contributed by atoms with van der Waals surface area (Å²) in [5.41, 5.74) is 0. The zero-order chi connectivity index (χ0) is 12.8. The number of methoxy groups -OCH3 is 1. The van der Waals surface area contributed by atoms with Gasteiger partial charge in [0.1, 0.15) is 0 Å². The first kappa shape index (κ1) is 14.7. The molecule has 0 aliphatic heterocycles. The molecule has 0 aromatic rings. The quantitative estimate of drug-likeness (QED) is 0.801. The van der Waals surface area contributed by atoms with Gasteiger partial charge < -0.3 is 10.1 Å². The summed E-state index contributed by atoms with van der Waals surface area (Å²) in [5.74, 6) is -0.449. The number of alkyl halides is 3. The highest BCUT2D eigenvalue weighted by Crippen LogP contribution is 2.22. The predicted molar refractivity (Wildman–Crippen MR) is 49.9 cm³/mol. The summed E-state index contributed by atoms with van der Waals surface area (Å²) in [6.07, 6.45) is -6.77. The highest BCUT2D eigenvalue weighted by molar-refractivity contribution is 5.87. The molecule has 1 amide bonds. The summed E-state index contributed by atoms with van der Waals surface area (Å²) in [4.78, 5) is 22.0. The van der Waals surface area contributed by atoms with Crippen LogP contribution in [-0.4, -0.2) is 31.2 Å². The molecule has 0 heterocycles. The normalized spacial score (nSPS) is 13.1. The van der Waals surface area contributed by atoms with Crippen LogP contribution in [0, 0.1) is 0 Å². The largest absolute Gasteiger partial charge is 0.453 e. The minimum Gasteiger partial charge on any atom is -0.453 e. The Bertz CT molecular complexity index is 253. The predicted octanol–water partition coefficient (Wildman–Crippen LogP) is 2.03. The average Bonchev–Trinajstić information content (AvgIpc) is 2.21. The van der Waals surface area contributed by atoms with Gasteiger partial charge in [0.2, 0.25) is 0 Å². The summed E-state index contributed by atoms with van der Waals surface area (Å²) < 4.78 is 40.1. The van der Waals surface area contributed by atoms with Gasteiger partial charge in [-0.05, 0) is 6.42 Å². The lowest BCUT2D eigenvalue weighted by Gasteiger charge is -2.16. The number of amides is 1. The van der Waals surface area contributed by atoms with Crippen LogP contribution in [0.3, 0.4) is 0 Å². The summed E-state index contributed by atoms with van der Waals surface area (Å²) in [6.45, 7) is 1.52. The van der Waals surface area contributed by atoms with E-state index in [1.54, 1.807) is 0 Å². The molecule has 4 nitrogen and oxygen atoms in total. The number of carbonyl (C=O) groups is 2. The van der Waals surface area contributed by atoms with Crippen molar-refractivity contribution in [3.05, 3.63) is 0 Å². The van der Waals surface area contributed by atoms with Crippen molar-refractivity contribution in [3.8, 4) is 0 Å². The first-order chi connectivity index (χ1) is 7.30. The highest BCUT2D eigenvalue weighted by atomic mass is 19.4. The lowest BCUT2D eigenvalue weighted by atomic mass is 10.1. The maximum atomic E-state index is 11.9. The maximum absolute atomic E-state index is 11.9. The van der Waals surface area contributed by atoms with Crippen molar-refractivity contribution in [2.75, 3.05) is 7.11 Å². The topological polar surface area (TPSA) is 55.4 Å². The molecule has 1 N–H and O–H groups in total. The number of hydrogen-bond donors (Lipinski definition) is 1. The fourth-order valence-electron chi connectivity index (χ4n) is 1.07. The Hall–Kier alpha value is -1.27. The molecule has 0 aromatic carbocycles. The van der Waals surface area contributed by atoms with Gasteiger partial charge in [0.15, 0.2) is 5.78 Å². The average molecular weight is 241 g/mol. The number of carbonyl (C=O) groups excluding carboxylic acids is 2. The molecule has 7 heteroatoms. The van der Waals surface area contributed by atoms with Crippen molar-refractivity contribution in [1.29, 1.82) is 0 Å². The van der Waals surface area contributed by atoms with E-state index in [0.29, 0.717) is 0 Å². The second kappa shape index (κ2) is 6.34. The van der Waals surface area contributed by atoms with Gasteiger partial charge >= 0.3 is 12.3 Å². The molecular weight excluding hydrogens is 227 g/mol. The number of hydrogen-bond acceptors (Lipinski definition) is 3. The number of nitrogens with one attached hydrogen (secondary N) is 1. The van der Waals surface area contributed by atoms with E-state index in [1.807, 2.05) is 0 Å². The van der Waals surface area contributed by atoms with Crippen LogP contribution >= 0.6 is 0 Å². The molecule has 0 bridgehead atoms. The molecule has 0 aliphatic rings. The molecule has 0 aromatic heterocycles. The summed E-state index contributed by atoms with van der Waals surface area (Å²) in [7, 11) is 1.08. The Morgan fingerprint density at radius 3 is 2.31 bits per heavy atom. The third-order valence-electron chi connectivity index (χ3n) is 1.93. The van der Waals surface area contributed by atoms with Crippen LogP contribution in [0.4, 0.5) is 18.0 Å². The second-order valence-corrected chi connectivity index (χ2v) is 3.16. The monoisotopic (exact) mass is 241 g/mol. The van der Waals surface area contributed by atoms with E-state index in [-0.39, 0.29) is 6.42 Å². The molecule has 1 unspecified atom stereocenters. The number of alkyl carbamates (subject to hydrolysis) is 1. The van der Waals surface area contributed by atoms with Gasteiger partial charge in [-0.25, -0.2) is 4.79 Å². The fourth-order valence-corrected chi connectivity index (χ4v) is 1.07. The Labute approximate surface area is 91.1 Å². The summed E-state index contributed by atoms with van der Waals surface area (Å²) in [5, 5.41) is 2.08. The molecule has 0 aliphatic carbocycles. The Morgan fingerprint density at radius 2 is 1.94 bits per heavy atom. The zero-order valence-corrected chi connectivity index (χ0v) is 9.06. The number of halogens is 3. The number of ether oxygens (including phenoxy) is 1. The third-order valence-corrected chi connectivity index (χ3v) is 1.93. The summed E-state index contributed by atoms with van der Waals surface area (Å²) in [6, 6.07) is -1.14. The molecule has 16 heavy (non-hydrogen) atoms. The molecule has 0 fully saturated rings. The van der Waals surface area contributed by atoms with Gasteiger partial charge in [-0.15, -0.1) is 0 Å². The van der Waals surface area contributed by atoms with E-state index in [1.165, 1.54) is 6.92 Å². The molecule has 0 rings (SSSR count). The Balaban J connectivity index is 4.33. The summed E-state index contributed by atoms with van der Waals surface area (Å²) >= 11 is 0. The standard InChI is InChI=1S/C9H14F3NO3/c1-3-7(14)6(13-8(15)16-2)4-5-9(10,11)12/h6H,3-5H2,1-2H3,(H,13,15). The van der Waals surface area contributed by atoms with Crippen LogP contribution in [0.2, 0.25) is 0 Å². The number of Topliss-reactive ketones (excluding diaryl/α,β-unsaturated/α-hetero) is 1. The molecule has 0 radical (unpaired) electrons. The van der Waals surface area contributed by atoms with Gasteiger partial charge in [0.05, 0.1) is 13.2 Å². The first-order valence-electron chi connectivity index (χ1n) is 4.74. The minimum atomic E-state index is -4.34. The minimum absolute atomic E-state index is 0.0620. The second-order valence-electron chi connectivity index (χ2n) is 3.16. The molecule has 1 atom stereocenters. The smallest absolute Gasteiger partial charge is 0.407 e. The van der Waals surface area contributed by atoms with Crippen molar-refractivity contribution in [1.82, 2.24) is 5.32 Å². The van der Waals surface area contributed by atoms with Crippen molar-refractivity contribution in [2.45, 2.75) is 38.4 Å². The molecule has 0 saturated heterocycles. The van der Waals surface area contributed by atoms with Crippen LogP contribution in [-0.2, 0) is 9.53 Å². The molecular formula is C9H14F3NO3. The molecule has 94 valence electrons. The Morgan fingerprint density at radius 1 is 1.38 bits per heavy atom. The van der Waals surface area contributed by atoms with Crippen LogP contribution in [0.5, 0.6) is 0 Å². The lowest BCUT2D eigenvalue weighted by molar-refractivity contribution is -0.138. The van der Waals surface area contributed by atoms with Gasteiger partial charge in [0, 0.05) is 12.8 Å². The van der Waals surface area contributed by atoms with E-state index in [9.17, 15) is 22.8 Å². The van der Waals surface area contributed by atoms with Crippen molar-refractivity contribution < 1.29 is 27.5 Å². The van der Waals surface area contributed by atoms with E-state index < -0.39 is 36.9 Å². The highest BCUT2D eigenvalue weighted by Gasteiger charge is 2.30. The van der Waals surface area contributed by atoms with E-state index in [0.717, 1.165) is 7.11 Å². The van der Waals surface area contributed by atoms with E-state index in [2.05, 4.69) is 10.1 Å². The van der Waals surface area contributed by atoms with Gasteiger partial charge in [-0.1, -0.05) is 6.92 Å². The van der Waals surface area contributed by atoms with Gasteiger partial charge in [0.25, 0.3) is 0 Å². The van der Waals surface area contributed by atoms with Gasteiger partial charge in [-0.2, -0.15) is 13.2 Å². The van der Waals surface area contributed by atoms with Crippen LogP contribution in [0.15, 0.2) is 0 Å².